The van der Waals surface area contributed by atoms with E-state index < -0.39 is 11.6 Å². The fraction of sp³-hybridized carbons (Fsp3) is 0.367. The van der Waals surface area contributed by atoms with Crippen molar-refractivity contribution in [3.8, 4) is 11.6 Å². The molecule has 2 atom stereocenters. The molecule has 0 amide bonds. The van der Waals surface area contributed by atoms with Crippen LogP contribution in [-0.2, 0) is 13.1 Å². The van der Waals surface area contributed by atoms with E-state index in [0.717, 1.165) is 47.9 Å². The van der Waals surface area contributed by atoms with Crippen LogP contribution in [0.4, 0.5) is 14.5 Å². The number of hydrogen-bond donors (Lipinski definition) is 0. The first kappa shape index (κ1) is 27.6. The van der Waals surface area contributed by atoms with E-state index in [1.165, 1.54) is 0 Å². The van der Waals surface area contributed by atoms with Gasteiger partial charge in [-0.1, -0.05) is 0 Å². The maximum Gasteiger partial charge on any atom is 0.213 e. The zero-order valence-corrected chi connectivity index (χ0v) is 24.4. The molecule has 0 N–H and O–H groups in total. The van der Waals surface area contributed by atoms with Crippen LogP contribution < -0.4 is 19.8 Å². The molecule has 1 unspecified atom stereocenters. The molecule has 1 aromatic carbocycles. The van der Waals surface area contributed by atoms with Crippen LogP contribution in [0.25, 0.3) is 10.9 Å². The van der Waals surface area contributed by atoms with E-state index in [4.69, 9.17) is 9.47 Å². The Balaban J connectivity index is 1.39. The Hall–Kier alpha value is -3.57. The molecule has 214 valence electrons. The van der Waals surface area contributed by atoms with E-state index in [-0.39, 0.29) is 35.3 Å². The molecular weight excluding hydrogens is 596 g/mol. The lowest BCUT2D eigenvalue weighted by molar-refractivity contribution is 0.157. The first-order chi connectivity index (χ1) is 19.8. The van der Waals surface area contributed by atoms with Gasteiger partial charge in [0.15, 0.2) is 17.0 Å². The molecule has 0 bridgehead atoms. The van der Waals surface area contributed by atoms with Crippen LogP contribution in [0.1, 0.15) is 36.9 Å². The highest BCUT2D eigenvalue weighted by Crippen LogP contribution is 2.36. The topological polar surface area (TPSA) is 72.7 Å². The number of nitrogens with zero attached hydrogens (tertiary/aromatic N) is 5. The van der Waals surface area contributed by atoms with Gasteiger partial charge in [-0.3, -0.25) is 9.69 Å². The Kier molecular flexibility index (Phi) is 7.65. The molecular formula is C30H30BrF2N5O3. The molecule has 1 saturated heterocycles. The fourth-order valence-electron chi connectivity index (χ4n) is 5.83. The van der Waals surface area contributed by atoms with Gasteiger partial charge in [0.25, 0.3) is 0 Å². The second kappa shape index (κ2) is 11.4. The average Bonchev–Trinajstić information content (AvgIpc) is 2.99. The number of piperidine rings is 1. The largest absolute Gasteiger partial charge is 0.486 e. The molecule has 0 saturated carbocycles. The Morgan fingerprint density at radius 2 is 2.05 bits per heavy atom. The van der Waals surface area contributed by atoms with Crippen LogP contribution in [0.5, 0.6) is 11.6 Å². The van der Waals surface area contributed by atoms with Crippen LogP contribution in [-0.4, -0.2) is 52.3 Å². The van der Waals surface area contributed by atoms with Crippen molar-refractivity contribution in [2.24, 2.45) is 0 Å². The minimum atomic E-state index is -1.09. The summed E-state index contributed by atoms with van der Waals surface area (Å²) in [5.41, 5.74) is 2.53. The Morgan fingerprint density at radius 1 is 1.20 bits per heavy atom. The number of hydrogen-bond acceptors (Lipinski definition) is 7. The third-order valence-corrected chi connectivity index (χ3v) is 8.41. The van der Waals surface area contributed by atoms with Gasteiger partial charge in [-0.15, -0.1) is 0 Å². The van der Waals surface area contributed by atoms with E-state index in [9.17, 15) is 13.6 Å². The second-order valence-electron chi connectivity index (χ2n) is 10.6. The molecule has 0 aliphatic carbocycles. The molecule has 4 aromatic rings. The summed E-state index contributed by atoms with van der Waals surface area (Å²) in [5, 5.41) is 0.125. The smallest absolute Gasteiger partial charge is 0.213 e. The first-order valence-electron chi connectivity index (χ1n) is 13.6. The van der Waals surface area contributed by atoms with Crippen LogP contribution in [0.15, 0.2) is 58.3 Å². The van der Waals surface area contributed by atoms with Crippen molar-refractivity contribution in [3.63, 3.8) is 0 Å². The zero-order chi connectivity index (χ0) is 28.7. The van der Waals surface area contributed by atoms with Gasteiger partial charge in [0.1, 0.15) is 11.2 Å². The highest BCUT2D eigenvalue weighted by atomic mass is 79.9. The molecule has 2 aliphatic heterocycles. The number of aromatic nitrogens is 3. The van der Waals surface area contributed by atoms with Crippen molar-refractivity contribution in [2.45, 2.75) is 44.9 Å². The van der Waals surface area contributed by atoms with Crippen LogP contribution in [0.2, 0.25) is 0 Å². The summed E-state index contributed by atoms with van der Waals surface area (Å²) < 4.78 is 42.7. The van der Waals surface area contributed by atoms with Gasteiger partial charge in [0.2, 0.25) is 11.7 Å². The number of halogens is 3. The van der Waals surface area contributed by atoms with Gasteiger partial charge in [0.05, 0.1) is 35.9 Å². The lowest BCUT2D eigenvalue weighted by atomic mass is 10.0. The molecule has 11 heteroatoms. The predicted octanol–water partition coefficient (Wildman–Crippen LogP) is 5.47. The maximum absolute atomic E-state index is 14.6. The number of rotatable bonds is 7. The summed E-state index contributed by atoms with van der Waals surface area (Å²) in [4.78, 5) is 27.0. The number of benzene rings is 1. The van der Waals surface area contributed by atoms with E-state index >= 15 is 0 Å². The monoisotopic (exact) mass is 625 g/mol. The third kappa shape index (κ3) is 5.40. The van der Waals surface area contributed by atoms with Crippen molar-refractivity contribution >= 4 is 32.5 Å². The summed E-state index contributed by atoms with van der Waals surface area (Å²) in [6.45, 7) is 4.66. The second-order valence-corrected chi connectivity index (χ2v) is 11.5. The summed E-state index contributed by atoms with van der Waals surface area (Å²) in [6, 6.07) is 8.78. The standard InChI is InChI=1S/C30H30BrF2N5O3/c1-18-17-41-30-27(33)24(32)11-23-28(30)38(18)15-20(29(23)39)14-37(13-19-7-8-34-26(10-19)40-2)22-4-3-9-36(16-22)21-5-6-25(31)35-12-21/h5-8,10-12,15,18,22H,3-4,9,13-14,16-17H2,1-2H3/t18?,22-/m0/s1. The van der Waals surface area contributed by atoms with E-state index in [1.54, 1.807) is 19.5 Å². The fourth-order valence-corrected chi connectivity index (χ4v) is 6.07. The number of anilines is 1. The summed E-state index contributed by atoms with van der Waals surface area (Å²) in [6.07, 6.45) is 7.28. The summed E-state index contributed by atoms with van der Waals surface area (Å²) in [5.74, 6) is -1.84. The third-order valence-electron chi connectivity index (χ3n) is 7.94. The molecule has 1 fully saturated rings. The molecule has 0 radical (unpaired) electrons. The quantitative estimate of drug-likeness (QED) is 0.252. The van der Waals surface area contributed by atoms with Crippen LogP contribution in [0, 0.1) is 11.6 Å². The number of pyridine rings is 3. The predicted molar refractivity (Wildman–Crippen MR) is 156 cm³/mol. The Bertz CT molecular complexity index is 1650. The molecule has 2 aliphatic rings. The van der Waals surface area contributed by atoms with Crippen molar-refractivity contribution < 1.29 is 18.3 Å². The minimum Gasteiger partial charge on any atom is -0.486 e. The minimum absolute atomic E-state index is 0.115. The first-order valence-corrected chi connectivity index (χ1v) is 14.4. The average molecular weight is 627 g/mol. The van der Waals surface area contributed by atoms with Crippen molar-refractivity contribution in [1.82, 2.24) is 19.4 Å². The lowest BCUT2D eigenvalue weighted by Gasteiger charge is -2.40. The molecule has 0 spiro atoms. The Labute approximate surface area is 244 Å². The van der Waals surface area contributed by atoms with Gasteiger partial charge >= 0.3 is 0 Å². The lowest BCUT2D eigenvalue weighted by Crippen LogP contribution is -2.48. The highest BCUT2D eigenvalue weighted by Gasteiger charge is 2.30. The van der Waals surface area contributed by atoms with Crippen LogP contribution in [0.3, 0.4) is 0 Å². The van der Waals surface area contributed by atoms with Crippen molar-refractivity contribution in [2.75, 3.05) is 31.7 Å². The molecule has 41 heavy (non-hydrogen) atoms. The van der Waals surface area contributed by atoms with Gasteiger partial charge < -0.3 is 18.9 Å². The van der Waals surface area contributed by atoms with Crippen molar-refractivity contribution in [1.29, 1.82) is 0 Å². The Morgan fingerprint density at radius 3 is 2.83 bits per heavy atom. The molecule has 6 rings (SSSR count). The van der Waals surface area contributed by atoms with Gasteiger partial charge in [-0.05, 0) is 65.5 Å². The van der Waals surface area contributed by atoms with E-state index in [0.29, 0.717) is 30.0 Å². The molecule has 8 nitrogen and oxygen atoms in total. The maximum atomic E-state index is 14.6. The number of methoxy groups -OCH3 is 1. The SMILES string of the molecule is COc1cc(CN(Cc2cn3c4c(c(F)c(F)cc4c2=O)OCC3C)[C@H]2CCCN(c3ccc(Br)nc3)C2)ccn1. The van der Waals surface area contributed by atoms with Crippen LogP contribution >= 0.6 is 15.9 Å². The van der Waals surface area contributed by atoms with Gasteiger partial charge in [-0.2, -0.15) is 4.39 Å². The van der Waals surface area contributed by atoms with E-state index in [1.807, 2.05) is 42.0 Å². The number of ether oxygens (including phenoxy) is 2. The van der Waals surface area contributed by atoms with Gasteiger partial charge in [-0.25, -0.2) is 14.4 Å². The van der Waals surface area contributed by atoms with Gasteiger partial charge in [0, 0.05) is 56.2 Å². The molecule has 5 heterocycles. The van der Waals surface area contributed by atoms with E-state index in [2.05, 4.69) is 35.7 Å². The highest BCUT2D eigenvalue weighted by molar-refractivity contribution is 9.10. The van der Waals surface area contributed by atoms with Crippen molar-refractivity contribution in [3.05, 3.63) is 86.5 Å². The zero-order valence-electron chi connectivity index (χ0n) is 22.8. The summed E-state index contributed by atoms with van der Waals surface area (Å²) in [7, 11) is 1.58. The summed E-state index contributed by atoms with van der Waals surface area (Å²) >= 11 is 3.41. The molecule has 3 aromatic heterocycles. The normalized spacial score (nSPS) is 18.5.